The van der Waals surface area contributed by atoms with E-state index < -0.39 is 23.2 Å². The molecule has 18 heavy (non-hydrogen) atoms. The minimum absolute atomic E-state index is 0.218. The molecule has 0 aliphatic heterocycles. The molecule has 0 aromatic carbocycles. The third-order valence-electron chi connectivity index (χ3n) is 3.57. The van der Waals surface area contributed by atoms with Gasteiger partial charge in [0.05, 0.1) is 12.6 Å². The van der Waals surface area contributed by atoms with Crippen LogP contribution in [0, 0.1) is 17.3 Å². The smallest absolute Gasteiger partial charge is 0.307 e. The Hall–Kier alpha value is -1.10. The van der Waals surface area contributed by atoms with E-state index in [0.29, 0.717) is 6.67 Å². The van der Waals surface area contributed by atoms with Crippen LogP contribution >= 0.6 is 0 Å². The summed E-state index contributed by atoms with van der Waals surface area (Å²) in [6.07, 6.45) is 0.717. The van der Waals surface area contributed by atoms with Crippen LogP contribution in [-0.2, 0) is 9.59 Å². The second-order valence-electron chi connectivity index (χ2n) is 5.27. The predicted molar refractivity (Wildman–Crippen MR) is 71.0 cm³/mol. The summed E-state index contributed by atoms with van der Waals surface area (Å²) in [6, 6.07) is 0. The standard InChI is InChI=1S/C13H26N2O3/c1-6-13(4,5)10(12(17)18)9(3)11(16)15-8-14-7-2/h9-10,14H,6-8H2,1-5H3,(H,15,16)(H,17,18). The van der Waals surface area contributed by atoms with Gasteiger partial charge in [0, 0.05) is 5.92 Å². The van der Waals surface area contributed by atoms with Crippen LogP contribution in [0.1, 0.15) is 41.0 Å². The fraction of sp³-hybridized carbons (Fsp3) is 0.846. The van der Waals surface area contributed by atoms with E-state index in [1.807, 2.05) is 27.7 Å². The van der Waals surface area contributed by atoms with Crippen molar-refractivity contribution in [2.24, 2.45) is 17.3 Å². The zero-order chi connectivity index (χ0) is 14.3. The summed E-state index contributed by atoms with van der Waals surface area (Å²) in [5.74, 6) is -2.35. The van der Waals surface area contributed by atoms with Gasteiger partial charge in [-0.25, -0.2) is 0 Å². The number of nitrogens with one attached hydrogen (secondary N) is 2. The fourth-order valence-electron chi connectivity index (χ4n) is 2.03. The van der Waals surface area contributed by atoms with Crippen LogP contribution in [0.5, 0.6) is 0 Å². The highest BCUT2D eigenvalue weighted by Gasteiger charge is 2.40. The largest absolute Gasteiger partial charge is 0.481 e. The Bertz CT molecular complexity index is 290. The number of hydrogen-bond donors (Lipinski definition) is 3. The number of rotatable bonds is 8. The lowest BCUT2D eigenvalue weighted by Gasteiger charge is -2.33. The van der Waals surface area contributed by atoms with E-state index in [4.69, 9.17) is 0 Å². The molecule has 2 unspecified atom stereocenters. The molecular weight excluding hydrogens is 232 g/mol. The maximum Gasteiger partial charge on any atom is 0.307 e. The molecule has 0 rings (SSSR count). The van der Waals surface area contributed by atoms with Crippen LogP contribution in [-0.4, -0.2) is 30.2 Å². The van der Waals surface area contributed by atoms with Gasteiger partial charge in [-0.05, 0) is 12.0 Å². The molecule has 0 saturated heterocycles. The Morgan fingerprint density at radius 2 is 1.83 bits per heavy atom. The summed E-state index contributed by atoms with van der Waals surface area (Å²) in [5.41, 5.74) is -0.402. The number of amides is 1. The molecule has 0 aliphatic carbocycles. The molecule has 0 saturated carbocycles. The van der Waals surface area contributed by atoms with Crippen LogP contribution in [0.2, 0.25) is 0 Å². The zero-order valence-electron chi connectivity index (χ0n) is 12.0. The molecule has 0 fully saturated rings. The molecule has 1 amide bonds. The van der Waals surface area contributed by atoms with Crippen LogP contribution in [0.25, 0.3) is 0 Å². The quantitative estimate of drug-likeness (QED) is 0.455. The molecule has 0 spiro atoms. The normalized spacial score (nSPS) is 14.9. The first-order chi connectivity index (χ1) is 8.27. The van der Waals surface area contributed by atoms with Gasteiger partial charge in [-0.2, -0.15) is 0 Å². The zero-order valence-corrected chi connectivity index (χ0v) is 12.0. The minimum Gasteiger partial charge on any atom is -0.481 e. The van der Waals surface area contributed by atoms with Crippen molar-refractivity contribution in [2.75, 3.05) is 13.2 Å². The van der Waals surface area contributed by atoms with Crippen molar-refractivity contribution in [3.8, 4) is 0 Å². The van der Waals surface area contributed by atoms with Gasteiger partial charge in [-0.3, -0.25) is 9.59 Å². The lowest BCUT2D eigenvalue weighted by atomic mass is 9.70. The van der Waals surface area contributed by atoms with Crippen molar-refractivity contribution in [1.82, 2.24) is 10.6 Å². The van der Waals surface area contributed by atoms with E-state index in [1.54, 1.807) is 6.92 Å². The molecule has 0 aromatic rings. The van der Waals surface area contributed by atoms with Crippen molar-refractivity contribution in [1.29, 1.82) is 0 Å². The molecule has 0 heterocycles. The molecule has 0 aliphatic rings. The van der Waals surface area contributed by atoms with Crippen molar-refractivity contribution in [3.63, 3.8) is 0 Å². The third kappa shape index (κ3) is 4.64. The van der Waals surface area contributed by atoms with Crippen LogP contribution in [0.4, 0.5) is 0 Å². The number of hydrogen-bond acceptors (Lipinski definition) is 3. The van der Waals surface area contributed by atoms with Crippen molar-refractivity contribution >= 4 is 11.9 Å². The molecule has 2 atom stereocenters. The van der Waals surface area contributed by atoms with E-state index >= 15 is 0 Å². The summed E-state index contributed by atoms with van der Waals surface area (Å²) in [6.45, 7) is 10.5. The SMILES string of the molecule is CCNCNC(=O)C(C)C(C(=O)O)C(C)(C)CC. The number of carboxylic acids is 1. The Balaban J connectivity index is 4.72. The summed E-state index contributed by atoms with van der Waals surface area (Å²) in [5, 5.41) is 15.0. The second kappa shape index (κ2) is 7.36. The summed E-state index contributed by atoms with van der Waals surface area (Å²) in [4.78, 5) is 23.3. The van der Waals surface area contributed by atoms with E-state index in [9.17, 15) is 14.7 Å². The summed E-state index contributed by atoms with van der Waals surface area (Å²) < 4.78 is 0. The highest BCUT2D eigenvalue weighted by molar-refractivity contribution is 5.84. The second-order valence-corrected chi connectivity index (χ2v) is 5.27. The first kappa shape index (κ1) is 16.9. The monoisotopic (exact) mass is 258 g/mol. The van der Waals surface area contributed by atoms with Gasteiger partial charge in [-0.15, -0.1) is 0 Å². The fourth-order valence-corrected chi connectivity index (χ4v) is 2.03. The van der Waals surface area contributed by atoms with Gasteiger partial charge in [0.2, 0.25) is 5.91 Å². The highest BCUT2D eigenvalue weighted by atomic mass is 16.4. The van der Waals surface area contributed by atoms with Crippen molar-refractivity contribution < 1.29 is 14.7 Å². The van der Waals surface area contributed by atoms with Crippen molar-refractivity contribution in [3.05, 3.63) is 0 Å². The average Bonchev–Trinajstić information content (AvgIpc) is 2.28. The molecule has 106 valence electrons. The lowest BCUT2D eigenvalue weighted by Crippen LogP contribution is -2.45. The van der Waals surface area contributed by atoms with Crippen LogP contribution in [0.3, 0.4) is 0 Å². The number of carboxylic acid groups (broad SMARTS) is 1. The highest BCUT2D eigenvalue weighted by Crippen LogP contribution is 2.36. The van der Waals surface area contributed by atoms with Gasteiger partial charge in [0.15, 0.2) is 0 Å². The van der Waals surface area contributed by atoms with Gasteiger partial charge in [0.25, 0.3) is 0 Å². The van der Waals surface area contributed by atoms with E-state index in [1.165, 1.54) is 0 Å². The first-order valence-corrected chi connectivity index (χ1v) is 6.49. The van der Waals surface area contributed by atoms with E-state index in [-0.39, 0.29) is 5.91 Å². The lowest BCUT2D eigenvalue weighted by molar-refractivity contribution is -0.152. The van der Waals surface area contributed by atoms with Gasteiger partial charge >= 0.3 is 5.97 Å². The van der Waals surface area contributed by atoms with E-state index in [2.05, 4.69) is 10.6 Å². The molecule has 3 N–H and O–H groups in total. The van der Waals surface area contributed by atoms with Gasteiger partial charge < -0.3 is 15.7 Å². The first-order valence-electron chi connectivity index (χ1n) is 6.49. The third-order valence-corrected chi connectivity index (χ3v) is 3.57. The Morgan fingerprint density at radius 3 is 2.22 bits per heavy atom. The minimum atomic E-state index is -0.909. The number of carbonyl (C=O) groups excluding carboxylic acids is 1. The Kier molecular flexibility index (Phi) is 6.91. The van der Waals surface area contributed by atoms with Gasteiger partial charge in [-0.1, -0.05) is 41.0 Å². The van der Waals surface area contributed by atoms with Crippen LogP contribution in [0.15, 0.2) is 0 Å². The maximum absolute atomic E-state index is 11.9. The van der Waals surface area contributed by atoms with Crippen molar-refractivity contribution in [2.45, 2.75) is 41.0 Å². The molecule has 0 aromatic heterocycles. The summed E-state index contributed by atoms with van der Waals surface area (Å²) >= 11 is 0. The predicted octanol–water partition coefficient (Wildman–Crippen LogP) is 1.44. The van der Waals surface area contributed by atoms with Crippen LogP contribution < -0.4 is 10.6 Å². The molecule has 0 bridgehead atoms. The Labute approximate surface area is 109 Å². The average molecular weight is 258 g/mol. The molecular formula is C13H26N2O3. The Morgan fingerprint density at radius 1 is 1.28 bits per heavy atom. The molecule has 5 heteroatoms. The van der Waals surface area contributed by atoms with Gasteiger partial charge in [0.1, 0.15) is 0 Å². The maximum atomic E-state index is 11.9. The molecule has 5 nitrogen and oxygen atoms in total. The number of aliphatic carboxylic acids is 1. The van der Waals surface area contributed by atoms with E-state index in [0.717, 1.165) is 13.0 Å². The number of carbonyl (C=O) groups is 2. The summed E-state index contributed by atoms with van der Waals surface area (Å²) in [7, 11) is 0. The molecule has 0 radical (unpaired) electrons. The topological polar surface area (TPSA) is 78.4 Å².